The summed E-state index contributed by atoms with van der Waals surface area (Å²) >= 11 is 0. The molecule has 0 fully saturated rings. The molecule has 1 amide bonds. The Balaban J connectivity index is 1.78. The van der Waals surface area contributed by atoms with Crippen molar-refractivity contribution in [1.29, 1.82) is 0 Å². The summed E-state index contributed by atoms with van der Waals surface area (Å²) in [5.41, 5.74) is 1.64. The van der Waals surface area contributed by atoms with Crippen molar-refractivity contribution in [2.75, 3.05) is 18.4 Å². The van der Waals surface area contributed by atoms with Gasteiger partial charge in [-0.15, -0.1) is 6.58 Å². The summed E-state index contributed by atoms with van der Waals surface area (Å²) in [6, 6.07) is 11.8. The van der Waals surface area contributed by atoms with E-state index >= 15 is 0 Å². The quantitative estimate of drug-likeness (QED) is 0.580. The predicted molar refractivity (Wildman–Crippen MR) is 87.8 cm³/mol. The SMILES string of the molecule is C=CCNc1cc(C(=O)NCCCc2ccccc2)ncn1. The molecule has 1 heterocycles. The van der Waals surface area contributed by atoms with E-state index in [0.29, 0.717) is 24.6 Å². The molecule has 2 N–H and O–H groups in total. The molecule has 2 aromatic rings. The number of nitrogens with one attached hydrogen (secondary N) is 2. The number of nitrogens with zero attached hydrogens (tertiary/aromatic N) is 2. The van der Waals surface area contributed by atoms with Crippen LogP contribution in [0, 0.1) is 0 Å². The van der Waals surface area contributed by atoms with Gasteiger partial charge in [-0.05, 0) is 18.4 Å². The second-order valence-electron chi connectivity index (χ2n) is 4.80. The lowest BCUT2D eigenvalue weighted by atomic mass is 10.1. The van der Waals surface area contributed by atoms with E-state index in [0.717, 1.165) is 12.8 Å². The number of anilines is 1. The maximum atomic E-state index is 12.0. The summed E-state index contributed by atoms with van der Waals surface area (Å²) in [4.78, 5) is 20.1. The fourth-order valence-corrected chi connectivity index (χ4v) is 1.98. The average Bonchev–Trinajstić information content (AvgIpc) is 2.58. The number of carbonyl (C=O) groups is 1. The van der Waals surface area contributed by atoms with Crippen LogP contribution in [-0.2, 0) is 6.42 Å². The monoisotopic (exact) mass is 296 g/mol. The topological polar surface area (TPSA) is 66.9 Å². The smallest absolute Gasteiger partial charge is 0.270 e. The third-order valence-corrected chi connectivity index (χ3v) is 3.10. The highest BCUT2D eigenvalue weighted by Gasteiger charge is 2.07. The number of carbonyl (C=O) groups excluding carboxylic acids is 1. The Bertz CT molecular complexity index is 613. The zero-order valence-corrected chi connectivity index (χ0v) is 12.5. The highest BCUT2D eigenvalue weighted by Crippen LogP contribution is 2.04. The summed E-state index contributed by atoms with van der Waals surface area (Å²) in [7, 11) is 0. The Morgan fingerprint density at radius 2 is 2.05 bits per heavy atom. The highest BCUT2D eigenvalue weighted by molar-refractivity contribution is 5.92. The highest BCUT2D eigenvalue weighted by atomic mass is 16.1. The first-order chi connectivity index (χ1) is 10.8. The molecule has 22 heavy (non-hydrogen) atoms. The van der Waals surface area contributed by atoms with Gasteiger partial charge in [0.05, 0.1) is 0 Å². The first-order valence-corrected chi connectivity index (χ1v) is 7.28. The van der Waals surface area contributed by atoms with Gasteiger partial charge in [0, 0.05) is 19.2 Å². The van der Waals surface area contributed by atoms with Crippen molar-refractivity contribution in [3.63, 3.8) is 0 Å². The molecule has 114 valence electrons. The number of hydrogen-bond acceptors (Lipinski definition) is 4. The largest absolute Gasteiger partial charge is 0.366 e. The van der Waals surface area contributed by atoms with Gasteiger partial charge in [-0.1, -0.05) is 36.4 Å². The van der Waals surface area contributed by atoms with Crippen LogP contribution in [0.15, 0.2) is 55.4 Å². The van der Waals surface area contributed by atoms with Crippen LogP contribution in [0.25, 0.3) is 0 Å². The average molecular weight is 296 g/mol. The van der Waals surface area contributed by atoms with Crippen LogP contribution in [0.2, 0.25) is 0 Å². The summed E-state index contributed by atoms with van der Waals surface area (Å²) in [6.45, 7) is 4.83. The van der Waals surface area contributed by atoms with Gasteiger partial charge in [0.2, 0.25) is 0 Å². The van der Waals surface area contributed by atoms with Crippen LogP contribution in [-0.4, -0.2) is 29.0 Å². The summed E-state index contributed by atoms with van der Waals surface area (Å²) < 4.78 is 0. The third-order valence-electron chi connectivity index (χ3n) is 3.10. The Hall–Kier alpha value is -2.69. The van der Waals surface area contributed by atoms with Crippen LogP contribution in [0.4, 0.5) is 5.82 Å². The van der Waals surface area contributed by atoms with Gasteiger partial charge in [0.25, 0.3) is 5.91 Å². The molecule has 5 heteroatoms. The van der Waals surface area contributed by atoms with Gasteiger partial charge < -0.3 is 10.6 Å². The molecule has 5 nitrogen and oxygen atoms in total. The molecular formula is C17H20N4O. The van der Waals surface area contributed by atoms with Crippen LogP contribution in [0.3, 0.4) is 0 Å². The molecule has 0 bridgehead atoms. The van der Waals surface area contributed by atoms with Gasteiger partial charge in [-0.2, -0.15) is 0 Å². The van der Waals surface area contributed by atoms with Crippen molar-refractivity contribution >= 4 is 11.7 Å². The summed E-state index contributed by atoms with van der Waals surface area (Å²) in [5, 5.41) is 5.90. The minimum absolute atomic E-state index is 0.183. The lowest BCUT2D eigenvalue weighted by molar-refractivity contribution is 0.0948. The normalized spacial score (nSPS) is 10.0. The molecule has 0 aliphatic heterocycles. The van der Waals surface area contributed by atoms with Gasteiger partial charge in [0.15, 0.2) is 0 Å². The van der Waals surface area contributed by atoms with E-state index in [-0.39, 0.29) is 5.91 Å². The number of rotatable bonds is 8. The van der Waals surface area contributed by atoms with E-state index in [4.69, 9.17) is 0 Å². The zero-order chi connectivity index (χ0) is 15.6. The fourth-order valence-electron chi connectivity index (χ4n) is 1.98. The van der Waals surface area contributed by atoms with Crippen LogP contribution in [0.5, 0.6) is 0 Å². The van der Waals surface area contributed by atoms with Crippen molar-refractivity contribution in [2.24, 2.45) is 0 Å². The molecule has 1 aromatic carbocycles. The van der Waals surface area contributed by atoms with Gasteiger partial charge in [0.1, 0.15) is 17.8 Å². The van der Waals surface area contributed by atoms with E-state index in [1.54, 1.807) is 12.1 Å². The Morgan fingerprint density at radius 1 is 1.23 bits per heavy atom. The molecule has 0 unspecified atom stereocenters. The zero-order valence-electron chi connectivity index (χ0n) is 12.5. The molecule has 0 aliphatic rings. The summed E-state index contributed by atoms with van der Waals surface area (Å²) in [5.74, 6) is 0.432. The Labute approximate surface area is 130 Å². The fraction of sp³-hybridized carbons (Fsp3) is 0.235. The number of hydrogen-bond donors (Lipinski definition) is 2. The first kappa shape index (κ1) is 15.7. The van der Waals surface area contributed by atoms with E-state index in [9.17, 15) is 4.79 Å². The van der Waals surface area contributed by atoms with E-state index in [1.807, 2.05) is 18.2 Å². The van der Waals surface area contributed by atoms with E-state index in [1.165, 1.54) is 11.9 Å². The maximum Gasteiger partial charge on any atom is 0.270 e. The van der Waals surface area contributed by atoms with Crippen LogP contribution < -0.4 is 10.6 Å². The molecule has 0 saturated heterocycles. The minimum atomic E-state index is -0.183. The molecule has 2 rings (SSSR count). The van der Waals surface area contributed by atoms with Gasteiger partial charge in [-0.25, -0.2) is 9.97 Å². The lowest BCUT2D eigenvalue weighted by Gasteiger charge is -2.06. The standard InChI is InChI=1S/C17H20N4O/c1-2-10-18-16-12-15(20-13-21-16)17(22)19-11-6-9-14-7-4-3-5-8-14/h2-5,7-8,12-13H,1,6,9-11H2,(H,19,22)(H,18,20,21). The van der Waals surface area contributed by atoms with Gasteiger partial charge >= 0.3 is 0 Å². The van der Waals surface area contributed by atoms with Crippen molar-refractivity contribution < 1.29 is 4.79 Å². The second kappa shape index (κ2) is 8.56. The van der Waals surface area contributed by atoms with E-state index in [2.05, 4.69) is 39.3 Å². The van der Waals surface area contributed by atoms with Crippen LogP contribution in [0.1, 0.15) is 22.5 Å². The van der Waals surface area contributed by atoms with Crippen molar-refractivity contribution in [3.8, 4) is 0 Å². The molecule has 0 spiro atoms. The molecule has 0 radical (unpaired) electrons. The molecule has 0 aliphatic carbocycles. The molecule has 0 saturated carbocycles. The molecular weight excluding hydrogens is 276 g/mol. The molecule has 1 aromatic heterocycles. The predicted octanol–water partition coefficient (Wildman–Crippen LogP) is 2.44. The number of aryl methyl sites for hydroxylation is 1. The number of benzene rings is 1. The minimum Gasteiger partial charge on any atom is -0.366 e. The maximum absolute atomic E-state index is 12.0. The number of amides is 1. The number of aromatic nitrogens is 2. The third kappa shape index (κ3) is 5.01. The second-order valence-corrected chi connectivity index (χ2v) is 4.80. The van der Waals surface area contributed by atoms with Crippen LogP contribution >= 0.6 is 0 Å². The first-order valence-electron chi connectivity index (χ1n) is 7.28. The van der Waals surface area contributed by atoms with Crippen molar-refractivity contribution in [1.82, 2.24) is 15.3 Å². The van der Waals surface area contributed by atoms with Gasteiger partial charge in [-0.3, -0.25) is 4.79 Å². The summed E-state index contributed by atoms with van der Waals surface area (Å²) in [6.07, 6.45) is 4.94. The molecule has 0 atom stereocenters. The Kier molecular flexibility index (Phi) is 6.11. The lowest BCUT2D eigenvalue weighted by Crippen LogP contribution is -2.26. The van der Waals surface area contributed by atoms with Crippen molar-refractivity contribution in [3.05, 3.63) is 66.6 Å². The van der Waals surface area contributed by atoms with E-state index < -0.39 is 0 Å². The Morgan fingerprint density at radius 3 is 2.82 bits per heavy atom. The van der Waals surface area contributed by atoms with Crippen molar-refractivity contribution in [2.45, 2.75) is 12.8 Å².